The van der Waals surface area contributed by atoms with Gasteiger partial charge in [-0.05, 0) is 48.7 Å². The van der Waals surface area contributed by atoms with E-state index in [4.69, 9.17) is 4.74 Å². The van der Waals surface area contributed by atoms with Crippen molar-refractivity contribution in [3.8, 4) is 5.75 Å². The highest BCUT2D eigenvalue weighted by molar-refractivity contribution is 7.18. The molecule has 3 aromatic rings. The van der Waals surface area contributed by atoms with Crippen molar-refractivity contribution in [2.75, 3.05) is 13.2 Å². The average Bonchev–Trinajstić information content (AvgIpc) is 3.09. The van der Waals surface area contributed by atoms with Crippen molar-refractivity contribution in [1.82, 2.24) is 9.88 Å². The van der Waals surface area contributed by atoms with E-state index in [9.17, 15) is 4.79 Å². The summed E-state index contributed by atoms with van der Waals surface area (Å²) >= 11 is 1.68. The van der Waals surface area contributed by atoms with E-state index in [1.807, 2.05) is 36.1 Å². The molecule has 0 bridgehead atoms. The van der Waals surface area contributed by atoms with E-state index >= 15 is 0 Å². The Morgan fingerprint density at radius 3 is 2.96 bits per heavy atom. The molecule has 0 saturated carbocycles. The SMILES string of the molecule is CCOc1ccc2c(c1)CN(C(=O)CCc1nc3ccccc3s1)CC2. The second-order valence-electron chi connectivity index (χ2n) is 6.50. The topological polar surface area (TPSA) is 42.4 Å². The molecule has 26 heavy (non-hydrogen) atoms. The largest absolute Gasteiger partial charge is 0.494 e. The summed E-state index contributed by atoms with van der Waals surface area (Å²) in [5.74, 6) is 1.09. The lowest BCUT2D eigenvalue weighted by atomic mass is 9.99. The zero-order valence-electron chi connectivity index (χ0n) is 14.9. The van der Waals surface area contributed by atoms with Crippen LogP contribution in [0.1, 0.15) is 29.5 Å². The van der Waals surface area contributed by atoms with Gasteiger partial charge in [0.2, 0.25) is 5.91 Å². The van der Waals surface area contributed by atoms with Crippen LogP contribution in [0.2, 0.25) is 0 Å². The standard InChI is InChI=1S/C21H22N2O2S/c1-2-25-17-8-7-15-11-12-23(14-16(15)13-17)21(24)10-9-20-22-18-5-3-4-6-19(18)26-20/h3-8,13H,2,9-12,14H2,1H3. The molecule has 0 fully saturated rings. The smallest absolute Gasteiger partial charge is 0.223 e. The molecule has 0 spiro atoms. The molecule has 1 aliphatic heterocycles. The van der Waals surface area contributed by atoms with E-state index < -0.39 is 0 Å². The molecule has 4 nitrogen and oxygen atoms in total. The molecule has 134 valence electrons. The van der Waals surface area contributed by atoms with Gasteiger partial charge in [-0.1, -0.05) is 18.2 Å². The summed E-state index contributed by atoms with van der Waals surface area (Å²) in [4.78, 5) is 19.3. The highest BCUT2D eigenvalue weighted by atomic mass is 32.1. The normalized spacial score (nSPS) is 13.7. The van der Waals surface area contributed by atoms with Crippen molar-refractivity contribution in [3.63, 3.8) is 0 Å². The number of rotatable bonds is 5. The summed E-state index contributed by atoms with van der Waals surface area (Å²) in [6.07, 6.45) is 2.13. The molecule has 5 heteroatoms. The van der Waals surface area contributed by atoms with Crippen LogP contribution in [-0.4, -0.2) is 28.9 Å². The molecule has 0 N–H and O–H groups in total. The van der Waals surface area contributed by atoms with Crippen molar-refractivity contribution in [2.24, 2.45) is 0 Å². The van der Waals surface area contributed by atoms with Crippen LogP contribution < -0.4 is 4.74 Å². The number of hydrogen-bond acceptors (Lipinski definition) is 4. The Kier molecular flexibility index (Phi) is 4.89. The van der Waals surface area contributed by atoms with Gasteiger partial charge in [-0.3, -0.25) is 4.79 Å². The van der Waals surface area contributed by atoms with Crippen LogP contribution in [-0.2, 0) is 24.2 Å². The van der Waals surface area contributed by atoms with E-state index in [0.717, 1.165) is 29.2 Å². The molecule has 2 aromatic carbocycles. The van der Waals surface area contributed by atoms with E-state index in [1.54, 1.807) is 11.3 Å². The number of amides is 1. The van der Waals surface area contributed by atoms with Crippen molar-refractivity contribution >= 4 is 27.5 Å². The number of benzene rings is 2. The quantitative estimate of drug-likeness (QED) is 0.679. The number of aryl methyl sites for hydroxylation is 1. The third-order valence-electron chi connectivity index (χ3n) is 4.74. The maximum Gasteiger partial charge on any atom is 0.223 e. The lowest BCUT2D eigenvalue weighted by molar-refractivity contribution is -0.132. The molecule has 0 unspecified atom stereocenters. The minimum absolute atomic E-state index is 0.205. The highest BCUT2D eigenvalue weighted by Gasteiger charge is 2.21. The zero-order valence-corrected chi connectivity index (χ0v) is 15.7. The van der Waals surface area contributed by atoms with Gasteiger partial charge < -0.3 is 9.64 Å². The van der Waals surface area contributed by atoms with Gasteiger partial charge in [0.15, 0.2) is 0 Å². The molecule has 2 heterocycles. The maximum atomic E-state index is 12.7. The highest BCUT2D eigenvalue weighted by Crippen LogP contribution is 2.26. The second-order valence-corrected chi connectivity index (χ2v) is 7.62. The van der Waals surface area contributed by atoms with Gasteiger partial charge in [0.05, 0.1) is 21.8 Å². The van der Waals surface area contributed by atoms with Crippen LogP contribution in [0.5, 0.6) is 5.75 Å². The fraction of sp³-hybridized carbons (Fsp3) is 0.333. The summed E-state index contributed by atoms with van der Waals surface area (Å²) in [5, 5.41) is 1.04. The third-order valence-corrected chi connectivity index (χ3v) is 5.84. The molecule has 0 saturated heterocycles. The fourth-order valence-electron chi connectivity index (χ4n) is 3.40. The van der Waals surface area contributed by atoms with E-state index in [-0.39, 0.29) is 5.91 Å². The van der Waals surface area contributed by atoms with Crippen LogP contribution in [0, 0.1) is 0 Å². The first-order valence-corrected chi connectivity index (χ1v) is 9.91. The minimum atomic E-state index is 0.205. The van der Waals surface area contributed by atoms with Gasteiger partial charge in [-0.15, -0.1) is 11.3 Å². The number of carbonyl (C=O) groups is 1. The lowest BCUT2D eigenvalue weighted by Crippen LogP contribution is -2.36. The van der Waals surface area contributed by atoms with E-state index in [1.165, 1.54) is 15.8 Å². The number of thiazole rings is 1. The van der Waals surface area contributed by atoms with Crippen LogP contribution in [0.4, 0.5) is 0 Å². The number of carbonyl (C=O) groups excluding carboxylic acids is 1. The summed E-state index contributed by atoms with van der Waals surface area (Å²) in [5.41, 5.74) is 3.55. The zero-order chi connectivity index (χ0) is 17.9. The molecular formula is C21H22N2O2S. The Balaban J connectivity index is 1.40. The summed E-state index contributed by atoms with van der Waals surface area (Å²) in [6.45, 7) is 4.11. The Hall–Kier alpha value is -2.40. The number of hydrogen-bond donors (Lipinski definition) is 0. The fourth-order valence-corrected chi connectivity index (χ4v) is 4.37. The van der Waals surface area contributed by atoms with Gasteiger partial charge >= 0.3 is 0 Å². The molecular weight excluding hydrogens is 344 g/mol. The lowest BCUT2D eigenvalue weighted by Gasteiger charge is -2.29. The van der Waals surface area contributed by atoms with Gasteiger partial charge in [0.25, 0.3) is 0 Å². The number of nitrogens with zero attached hydrogens (tertiary/aromatic N) is 2. The summed E-state index contributed by atoms with van der Waals surface area (Å²) < 4.78 is 6.78. The van der Waals surface area contributed by atoms with E-state index in [0.29, 0.717) is 26.0 Å². The van der Waals surface area contributed by atoms with Crippen molar-refractivity contribution in [2.45, 2.75) is 32.7 Å². The molecule has 1 amide bonds. The predicted molar refractivity (Wildman–Crippen MR) is 105 cm³/mol. The van der Waals surface area contributed by atoms with Gasteiger partial charge in [0.1, 0.15) is 5.75 Å². The molecule has 1 aromatic heterocycles. The van der Waals surface area contributed by atoms with Crippen molar-refractivity contribution in [1.29, 1.82) is 0 Å². The average molecular weight is 366 g/mol. The number of fused-ring (bicyclic) bond motifs is 2. The first-order valence-electron chi connectivity index (χ1n) is 9.10. The molecule has 0 radical (unpaired) electrons. The molecule has 0 atom stereocenters. The maximum absolute atomic E-state index is 12.7. The van der Waals surface area contributed by atoms with Crippen molar-refractivity contribution < 1.29 is 9.53 Å². The Morgan fingerprint density at radius 2 is 2.12 bits per heavy atom. The van der Waals surface area contributed by atoms with Gasteiger partial charge in [-0.2, -0.15) is 0 Å². The first kappa shape index (κ1) is 17.0. The Labute approximate surface area is 157 Å². The van der Waals surface area contributed by atoms with Gasteiger partial charge in [0, 0.05) is 25.9 Å². The number of para-hydroxylation sites is 1. The monoisotopic (exact) mass is 366 g/mol. The number of ether oxygens (including phenoxy) is 1. The Morgan fingerprint density at radius 1 is 1.23 bits per heavy atom. The van der Waals surface area contributed by atoms with Gasteiger partial charge in [-0.25, -0.2) is 4.98 Å². The molecule has 4 rings (SSSR count). The van der Waals surface area contributed by atoms with E-state index in [2.05, 4.69) is 23.2 Å². The Bertz CT molecular complexity index is 902. The summed E-state index contributed by atoms with van der Waals surface area (Å²) in [6, 6.07) is 14.3. The third kappa shape index (κ3) is 3.58. The molecule has 0 aliphatic carbocycles. The second kappa shape index (κ2) is 7.46. The molecule has 1 aliphatic rings. The first-order chi connectivity index (χ1) is 12.7. The minimum Gasteiger partial charge on any atom is -0.494 e. The van der Waals surface area contributed by atoms with Crippen LogP contribution in [0.25, 0.3) is 10.2 Å². The van der Waals surface area contributed by atoms with Crippen LogP contribution in [0.15, 0.2) is 42.5 Å². The van der Waals surface area contributed by atoms with Crippen LogP contribution in [0.3, 0.4) is 0 Å². The number of aromatic nitrogens is 1. The predicted octanol–water partition coefficient (Wildman–Crippen LogP) is 4.21. The summed E-state index contributed by atoms with van der Waals surface area (Å²) in [7, 11) is 0. The van der Waals surface area contributed by atoms with Crippen LogP contribution >= 0.6 is 11.3 Å². The van der Waals surface area contributed by atoms with Crippen molar-refractivity contribution in [3.05, 3.63) is 58.6 Å².